The Morgan fingerprint density at radius 1 is 1.67 bits per heavy atom. The Morgan fingerprint density at radius 2 is 2.22 bits per heavy atom. The molecule has 0 fully saturated rings. The van der Waals surface area contributed by atoms with E-state index in [2.05, 4.69) is 6.42 Å². The van der Waals surface area contributed by atoms with Gasteiger partial charge in [0, 0.05) is 0 Å². The molecule has 0 aromatic carbocycles. The molecule has 0 bridgehead atoms. The summed E-state index contributed by atoms with van der Waals surface area (Å²) in [5.74, 6) is -0.116. The molecule has 9 heavy (non-hydrogen) atoms. The Morgan fingerprint density at radius 3 is 2.56 bits per heavy atom. The van der Waals surface area contributed by atoms with Gasteiger partial charge in [0.05, 0.1) is 0 Å². The van der Waals surface area contributed by atoms with Gasteiger partial charge in [-0.2, -0.15) is 0 Å². The number of carbonyl (C=O) groups excluding carboxylic acids is 1. The van der Waals surface area contributed by atoms with Crippen LogP contribution < -0.4 is 5.32 Å². The van der Waals surface area contributed by atoms with Crippen molar-refractivity contribution in [1.29, 1.82) is 0 Å². The molecular formula is C5H5NO3. The maximum Gasteiger partial charge on any atom is 0.323 e. The number of hydrogen-bond acceptors (Lipinski definition) is 2. The van der Waals surface area contributed by atoms with Crippen LogP contribution in [0.2, 0.25) is 0 Å². The van der Waals surface area contributed by atoms with E-state index in [1.54, 1.807) is 5.92 Å². The lowest BCUT2D eigenvalue weighted by Gasteiger charge is -1.91. The van der Waals surface area contributed by atoms with E-state index in [9.17, 15) is 9.59 Å². The average Bonchev–Trinajstić information content (AvgIpc) is 1.83. The minimum atomic E-state index is -1.11. The quantitative estimate of drug-likeness (QED) is 0.459. The lowest BCUT2D eigenvalue weighted by molar-refractivity contribution is -0.137. The Labute approximate surface area is 51.9 Å². The Balaban J connectivity index is 3.43. The molecule has 0 radical (unpaired) electrons. The third-order valence-electron chi connectivity index (χ3n) is 0.531. The fourth-order valence-corrected chi connectivity index (χ4v) is 0.207. The van der Waals surface area contributed by atoms with Crippen molar-refractivity contribution in [3.05, 3.63) is 0 Å². The molecule has 48 valence electrons. The molecule has 0 spiro atoms. The smallest absolute Gasteiger partial charge is 0.323 e. The first kappa shape index (κ1) is 7.50. The van der Waals surface area contributed by atoms with Crippen LogP contribution >= 0.6 is 0 Å². The molecule has 1 amide bonds. The molecule has 0 aliphatic rings. The number of terminal acetylenes is 1. The first-order chi connectivity index (χ1) is 4.16. The zero-order valence-corrected chi connectivity index (χ0v) is 4.55. The summed E-state index contributed by atoms with van der Waals surface area (Å²) >= 11 is 0. The number of carboxylic acids is 1. The number of nitrogens with one attached hydrogen (secondary N) is 1. The van der Waals surface area contributed by atoms with Crippen LogP contribution in [0.1, 0.15) is 0 Å². The molecule has 0 saturated heterocycles. The second-order valence-electron chi connectivity index (χ2n) is 1.22. The Hall–Kier alpha value is -1.50. The number of carboxylic acid groups (broad SMARTS) is 1. The van der Waals surface area contributed by atoms with E-state index < -0.39 is 18.4 Å². The number of hydrogen-bond donors (Lipinski definition) is 2. The second-order valence-corrected chi connectivity index (χ2v) is 1.22. The third kappa shape index (κ3) is 4.35. The summed E-state index contributed by atoms with van der Waals surface area (Å²) in [5.41, 5.74) is 0. The highest BCUT2D eigenvalue weighted by Gasteiger charge is 1.97. The maximum atomic E-state index is 10.1. The summed E-state index contributed by atoms with van der Waals surface area (Å²) in [5, 5.41) is 9.93. The average molecular weight is 127 g/mol. The molecule has 0 aromatic heterocycles. The van der Waals surface area contributed by atoms with Crippen LogP contribution in [-0.2, 0) is 9.59 Å². The fraction of sp³-hybridized carbons (Fsp3) is 0.200. The van der Waals surface area contributed by atoms with E-state index >= 15 is 0 Å². The summed E-state index contributed by atoms with van der Waals surface area (Å²) in [6.07, 6.45) is 4.60. The second kappa shape index (κ2) is 3.50. The van der Waals surface area contributed by atoms with E-state index in [4.69, 9.17) is 5.11 Å². The Kier molecular flexibility index (Phi) is 2.91. The van der Waals surface area contributed by atoms with E-state index in [1.165, 1.54) is 0 Å². The van der Waals surface area contributed by atoms with Crippen LogP contribution in [0.25, 0.3) is 0 Å². The van der Waals surface area contributed by atoms with Gasteiger partial charge in [-0.3, -0.25) is 9.59 Å². The van der Waals surface area contributed by atoms with Crippen molar-refractivity contribution >= 4 is 11.9 Å². The largest absolute Gasteiger partial charge is 0.480 e. The predicted octanol–water partition coefficient (Wildman–Crippen LogP) is -1.18. The molecule has 0 atom stereocenters. The van der Waals surface area contributed by atoms with Crippen molar-refractivity contribution in [2.75, 3.05) is 6.54 Å². The molecule has 2 N–H and O–H groups in total. The molecule has 0 aliphatic heterocycles. The van der Waals surface area contributed by atoms with E-state index in [-0.39, 0.29) is 0 Å². The summed E-state index contributed by atoms with van der Waals surface area (Å²) in [6.45, 7) is -0.428. The third-order valence-corrected chi connectivity index (χ3v) is 0.531. The van der Waals surface area contributed by atoms with E-state index in [1.807, 2.05) is 5.32 Å². The molecule has 4 nitrogen and oxygen atoms in total. The van der Waals surface area contributed by atoms with Crippen LogP contribution in [0.5, 0.6) is 0 Å². The van der Waals surface area contributed by atoms with Crippen molar-refractivity contribution < 1.29 is 14.7 Å². The van der Waals surface area contributed by atoms with Crippen molar-refractivity contribution in [3.63, 3.8) is 0 Å². The van der Waals surface area contributed by atoms with Crippen LogP contribution in [0.4, 0.5) is 0 Å². The highest BCUT2D eigenvalue weighted by atomic mass is 16.4. The molecule has 0 heterocycles. The minimum absolute atomic E-state index is 0.428. The molecule has 0 aromatic rings. The minimum Gasteiger partial charge on any atom is -0.480 e. The number of rotatable bonds is 2. The first-order valence-corrected chi connectivity index (χ1v) is 2.13. The summed E-state index contributed by atoms with van der Waals surface area (Å²) < 4.78 is 0. The summed E-state index contributed by atoms with van der Waals surface area (Å²) in [7, 11) is 0. The number of amides is 1. The van der Waals surface area contributed by atoms with Crippen molar-refractivity contribution in [2.24, 2.45) is 0 Å². The van der Waals surface area contributed by atoms with Crippen LogP contribution in [-0.4, -0.2) is 23.5 Å². The zero-order valence-electron chi connectivity index (χ0n) is 4.55. The first-order valence-electron chi connectivity index (χ1n) is 2.13. The van der Waals surface area contributed by atoms with Gasteiger partial charge in [-0.25, -0.2) is 0 Å². The molecule has 4 heteroatoms. The Bertz CT molecular complexity index is 168. The fourth-order valence-electron chi connectivity index (χ4n) is 0.207. The summed E-state index contributed by atoms with van der Waals surface area (Å²) in [4.78, 5) is 19.8. The molecule has 0 rings (SSSR count). The van der Waals surface area contributed by atoms with Gasteiger partial charge in [0.1, 0.15) is 6.54 Å². The van der Waals surface area contributed by atoms with Gasteiger partial charge in [0.25, 0.3) is 5.91 Å². The molecule has 0 aliphatic carbocycles. The van der Waals surface area contributed by atoms with E-state index in [0.29, 0.717) is 0 Å². The molecule has 0 unspecified atom stereocenters. The van der Waals surface area contributed by atoms with Gasteiger partial charge in [0.2, 0.25) is 0 Å². The highest BCUT2D eigenvalue weighted by molar-refractivity contribution is 5.94. The van der Waals surface area contributed by atoms with Gasteiger partial charge < -0.3 is 10.4 Å². The predicted molar refractivity (Wildman–Crippen MR) is 29.5 cm³/mol. The van der Waals surface area contributed by atoms with E-state index in [0.717, 1.165) is 0 Å². The topological polar surface area (TPSA) is 66.4 Å². The van der Waals surface area contributed by atoms with Gasteiger partial charge in [-0.1, -0.05) is 0 Å². The van der Waals surface area contributed by atoms with Crippen molar-refractivity contribution in [1.82, 2.24) is 5.32 Å². The number of carbonyl (C=O) groups is 2. The standard InChI is InChI=1S/C5H5NO3/c1-2-4(7)6-3-5(8)9/h1H,3H2,(H,6,7)(H,8,9). The molecular weight excluding hydrogens is 122 g/mol. The zero-order chi connectivity index (χ0) is 7.28. The van der Waals surface area contributed by atoms with Crippen LogP contribution in [0, 0.1) is 12.3 Å². The highest BCUT2D eigenvalue weighted by Crippen LogP contribution is 1.60. The van der Waals surface area contributed by atoms with Crippen molar-refractivity contribution in [2.45, 2.75) is 0 Å². The summed E-state index contributed by atoms with van der Waals surface area (Å²) in [6, 6.07) is 0. The molecule has 0 saturated carbocycles. The monoisotopic (exact) mass is 127 g/mol. The van der Waals surface area contributed by atoms with Gasteiger partial charge in [-0.05, 0) is 5.92 Å². The lowest BCUT2D eigenvalue weighted by Crippen LogP contribution is -2.27. The maximum absolute atomic E-state index is 10.1. The lowest BCUT2D eigenvalue weighted by atomic mass is 10.6. The van der Waals surface area contributed by atoms with Gasteiger partial charge >= 0.3 is 5.97 Å². The van der Waals surface area contributed by atoms with Gasteiger partial charge in [0.15, 0.2) is 0 Å². The van der Waals surface area contributed by atoms with Gasteiger partial charge in [-0.15, -0.1) is 6.42 Å². The van der Waals surface area contributed by atoms with Crippen molar-refractivity contribution in [3.8, 4) is 12.3 Å². The number of aliphatic carboxylic acids is 1. The normalized spacial score (nSPS) is 7.44. The SMILES string of the molecule is C#CC(=O)NCC(=O)O. The van der Waals surface area contributed by atoms with Crippen LogP contribution in [0.15, 0.2) is 0 Å². The van der Waals surface area contributed by atoms with Crippen LogP contribution in [0.3, 0.4) is 0 Å².